The van der Waals surface area contributed by atoms with Crippen LogP contribution in [0, 0.1) is 0 Å². The summed E-state index contributed by atoms with van der Waals surface area (Å²) in [6, 6.07) is 1.63. The van der Waals surface area contributed by atoms with Gasteiger partial charge < -0.3 is 25.6 Å². The summed E-state index contributed by atoms with van der Waals surface area (Å²) in [6.07, 6.45) is 1.97. The average Bonchev–Trinajstić information content (AvgIpc) is 2.91. The quantitative estimate of drug-likeness (QED) is 0.589. The molecule has 2 aliphatic heterocycles. The molecule has 3 heterocycles. The van der Waals surface area contributed by atoms with Crippen LogP contribution in [0.1, 0.15) is 0 Å². The normalized spacial score (nSPS) is 33.3. The van der Waals surface area contributed by atoms with Crippen LogP contribution in [0.15, 0.2) is 18.5 Å². The van der Waals surface area contributed by atoms with E-state index >= 15 is 0 Å². The molecule has 0 radical (unpaired) electrons. The van der Waals surface area contributed by atoms with E-state index in [1.165, 1.54) is 0 Å². The van der Waals surface area contributed by atoms with E-state index in [1.54, 1.807) is 18.5 Å². The monoisotopic (exact) mass is 309 g/mol. The number of aromatic nitrogens is 2. The third-order valence-electron chi connectivity index (χ3n) is 4.44. The van der Waals surface area contributed by atoms with Gasteiger partial charge in [-0.2, -0.15) is 0 Å². The smallest absolute Gasteiger partial charge is 0.225 e. The van der Waals surface area contributed by atoms with Crippen LogP contribution >= 0.6 is 0 Å². The summed E-state index contributed by atoms with van der Waals surface area (Å²) in [7, 11) is 0. The number of nitrogens with two attached hydrogens (primary N) is 1. The summed E-state index contributed by atoms with van der Waals surface area (Å²) in [4.78, 5) is 12.8. The van der Waals surface area contributed by atoms with E-state index in [0.29, 0.717) is 6.54 Å². The Morgan fingerprint density at radius 2 is 1.86 bits per heavy atom. The van der Waals surface area contributed by atoms with Crippen molar-refractivity contribution in [2.75, 3.05) is 44.2 Å². The highest BCUT2D eigenvalue weighted by Gasteiger charge is 2.46. The first-order chi connectivity index (χ1) is 10.7. The lowest BCUT2D eigenvalue weighted by atomic mass is 10.0. The SMILES string of the molecule is NCC1OC(CO)C(O)C1N1CCN(c2ncccn2)CC1. The lowest BCUT2D eigenvalue weighted by Crippen LogP contribution is -2.57. The number of hydrogen-bond donors (Lipinski definition) is 3. The molecule has 4 N–H and O–H groups in total. The molecule has 0 spiro atoms. The van der Waals surface area contributed by atoms with Gasteiger partial charge in [-0.15, -0.1) is 0 Å². The van der Waals surface area contributed by atoms with Crippen molar-refractivity contribution in [3.8, 4) is 0 Å². The predicted molar refractivity (Wildman–Crippen MR) is 80.4 cm³/mol. The second kappa shape index (κ2) is 6.84. The van der Waals surface area contributed by atoms with Gasteiger partial charge in [0, 0.05) is 45.1 Å². The maximum Gasteiger partial charge on any atom is 0.225 e. The molecule has 1 aromatic rings. The van der Waals surface area contributed by atoms with E-state index in [2.05, 4.69) is 19.8 Å². The van der Waals surface area contributed by atoms with Gasteiger partial charge in [0.2, 0.25) is 5.95 Å². The summed E-state index contributed by atoms with van der Waals surface area (Å²) in [5, 5.41) is 19.7. The maximum atomic E-state index is 10.4. The van der Waals surface area contributed by atoms with Crippen molar-refractivity contribution in [3.63, 3.8) is 0 Å². The number of rotatable bonds is 4. The number of ether oxygens (including phenoxy) is 1. The van der Waals surface area contributed by atoms with E-state index < -0.39 is 12.2 Å². The predicted octanol–water partition coefficient (Wildman–Crippen LogP) is -1.95. The lowest BCUT2D eigenvalue weighted by molar-refractivity contribution is -0.0193. The number of aliphatic hydroxyl groups excluding tert-OH is 2. The third kappa shape index (κ3) is 2.92. The molecule has 122 valence electrons. The molecule has 4 unspecified atom stereocenters. The highest BCUT2D eigenvalue weighted by atomic mass is 16.5. The number of nitrogens with zero attached hydrogens (tertiary/aromatic N) is 4. The van der Waals surface area contributed by atoms with Gasteiger partial charge >= 0.3 is 0 Å². The molecule has 0 bridgehead atoms. The Morgan fingerprint density at radius 1 is 1.18 bits per heavy atom. The van der Waals surface area contributed by atoms with Gasteiger partial charge in [-0.25, -0.2) is 9.97 Å². The van der Waals surface area contributed by atoms with Gasteiger partial charge in [-0.1, -0.05) is 0 Å². The molecule has 2 fully saturated rings. The van der Waals surface area contributed by atoms with Crippen molar-refractivity contribution in [2.45, 2.75) is 24.4 Å². The summed E-state index contributed by atoms with van der Waals surface area (Å²) in [5.74, 6) is 0.731. The van der Waals surface area contributed by atoms with E-state index in [9.17, 15) is 10.2 Å². The van der Waals surface area contributed by atoms with Gasteiger partial charge in [0.15, 0.2) is 0 Å². The van der Waals surface area contributed by atoms with Crippen LogP contribution in [-0.4, -0.2) is 88.8 Å². The van der Waals surface area contributed by atoms with Crippen LogP contribution in [0.3, 0.4) is 0 Å². The average molecular weight is 309 g/mol. The summed E-state index contributed by atoms with van der Waals surface area (Å²) >= 11 is 0. The largest absolute Gasteiger partial charge is 0.394 e. The first-order valence-corrected chi connectivity index (χ1v) is 7.65. The van der Waals surface area contributed by atoms with Crippen LogP contribution in [0.2, 0.25) is 0 Å². The van der Waals surface area contributed by atoms with Crippen molar-refractivity contribution in [2.24, 2.45) is 5.73 Å². The van der Waals surface area contributed by atoms with Gasteiger partial charge in [-0.05, 0) is 6.07 Å². The number of piperazine rings is 1. The minimum atomic E-state index is -0.710. The molecule has 1 aromatic heterocycles. The molecule has 2 aliphatic rings. The Morgan fingerprint density at radius 3 is 2.45 bits per heavy atom. The van der Waals surface area contributed by atoms with Crippen LogP contribution in [0.25, 0.3) is 0 Å². The Kier molecular flexibility index (Phi) is 4.84. The molecule has 8 nitrogen and oxygen atoms in total. The third-order valence-corrected chi connectivity index (χ3v) is 4.44. The fourth-order valence-corrected chi connectivity index (χ4v) is 3.30. The molecule has 2 saturated heterocycles. The Balaban J connectivity index is 1.63. The summed E-state index contributed by atoms with van der Waals surface area (Å²) in [6.45, 7) is 3.27. The molecule has 22 heavy (non-hydrogen) atoms. The second-order valence-electron chi connectivity index (χ2n) is 5.68. The minimum absolute atomic E-state index is 0.166. The molecule has 0 aromatic carbocycles. The van der Waals surface area contributed by atoms with Crippen LogP contribution < -0.4 is 10.6 Å². The van der Waals surface area contributed by atoms with Gasteiger partial charge in [-0.3, -0.25) is 4.90 Å². The summed E-state index contributed by atoms with van der Waals surface area (Å²) in [5.41, 5.74) is 5.75. The highest BCUT2D eigenvalue weighted by molar-refractivity contribution is 5.29. The first-order valence-electron chi connectivity index (χ1n) is 7.65. The molecule has 0 saturated carbocycles. The van der Waals surface area contributed by atoms with Gasteiger partial charge in [0.25, 0.3) is 0 Å². The first kappa shape index (κ1) is 15.6. The summed E-state index contributed by atoms with van der Waals surface area (Å²) < 4.78 is 5.64. The fourth-order valence-electron chi connectivity index (χ4n) is 3.30. The molecule has 3 rings (SSSR count). The zero-order valence-electron chi connectivity index (χ0n) is 12.5. The van der Waals surface area contributed by atoms with Crippen molar-refractivity contribution >= 4 is 5.95 Å². The second-order valence-corrected chi connectivity index (χ2v) is 5.68. The standard InChI is InChI=1S/C14H23N5O3/c15-8-10-12(13(21)11(9-20)22-10)18-4-6-19(7-5-18)14-16-2-1-3-17-14/h1-3,10-13,20-21H,4-9,15H2. The topological polar surface area (TPSA) is 108 Å². The van der Waals surface area contributed by atoms with Crippen molar-refractivity contribution in [1.82, 2.24) is 14.9 Å². The number of anilines is 1. The van der Waals surface area contributed by atoms with Gasteiger partial charge in [0.05, 0.1) is 18.8 Å². The van der Waals surface area contributed by atoms with E-state index in [4.69, 9.17) is 10.5 Å². The van der Waals surface area contributed by atoms with Gasteiger partial charge in [0.1, 0.15) is 12.2 Å². The van der Waals surface area contributed by atoms with Crippen molar-refractivity contribution < 1.29 is 14.9 Å². The number of aliphatic hydroxyl groups is 2. The van der Waals surface area contributed by atoms with Crippen LogP contribution in [0.4, 0.5) is 5.95 Å². The minimum Gasteiger partial charge on any atom is -0.394 e. The van der Waals surface area contributed by atoms with Crippen molar-refractivity contribution in [1.29, 1.82) is 0 Å². The van der Waals surface area contributed by atoms with Crippen LogP contribution in [0.5, 0.6) is 0 Å². The molecular formula is C14H23N5O3. The fraction of sp³-hybridized carbons (Fsp3) is 0.714. The zero-order valence-corrected chi connectivity index (χ0v) is 12.5. The van der Waals surface area contributed by atoms with E-state index in [1.807, 2.05) is 0 Å². The van der Waals surface area contributed by atoms with E-state index in [0.717, 1.165) is 32.1 Å². The van der Waals surface area contributed by atoms with Crippen LogP contribution in [-0.2, 0) is 4.74 Å². The molecule has 0 amide bonds. The maximum absolute atomic E-state index is 10.4. The highest BCUT2D eigenvalue weighted by Crippen LogP contribution is 2.26. The lowest BCUT2D eigenvalue weighted by Gasteiger charge is -2.40. The Labute approximate surface area is 129 Å². The van der Waals surface area contributed by atoms with Crippen molar-refractivity contribution in [3.05, 3.63) is 18.5 Å². The molecule has 0 aliphatic carbocycles. The zero-order chi connectivity index (χ0) is 15.5. The molecular weight excluding hydrogens is 286 g/mol. The number of hydrogen-bond acceptors (Lipinski definition) is 8. The Bertz CT molecular complexity index is 467. The molecule has 8 heteroatoms. The van der Waals surface area contributed by atoms with E-state index in [-0.39, 0.29) is 18.8 Å². The Hall–Kier alpha value is -1.32. The molecule has 4 atom stereocenters.